The van der Waals surface area contributed by atoms with Crippen LogP contribution in [-0.2, 0) is 26.5 Å². The molecular weight excluding hydrogens is 374 g/mol. The third-order valence-electron chi connectivity index (χ3n) is 4.30. The second kappa shape index (κ2) is 8.19. The number of hydrogen-bond acceptors (Lipinski definition) is 2. The Balaban J connectivity index is 2.14. The quantitative estimate of drug-likeness (QED) is 0.582. The molecule has 0 amide bonds. The SMILES string of the molecule is Cc1ccc(S(=O)(=O)N=[S@@](Cc2ccccc2)c2c(C)cccc2C)cc1. The molecule has 3 rings (SSSR count). The summed E-state index contributed by atoms with van der Waals surface area (Å²) < 4.78 is 30.4. The zero-order chi connectivity index (χ0) is 19.4. The minimum Gasteiger partial charge on any atom is -0.199 e. The number of hydrogen-bond donors (Lipinski definition) is 0. The van der Waals surface area contributed by atoms with E-state index < -0.39 is 20.7 Å². The van der Waals surface area contributed by atoms with Gasteiger partial charge in [-0.25, -0.2) is 0 Å². The van der Waals surface area contributed by atoms with Gasteiger partial charge >= 0.3 is 0 Å². The van der Waals surface area contributed by atoms with Crippen molar-refractivity contribution >= 4 is 20.7 Å². The van der Waals surface area contributed by atoms with Crippen LogP contribution in [0.5, 0.6) is 0 Å². The lowest BCUT2D eigenvalue weighted by atomic mass is 10.2. The van der Waals surface area contributed by atoms with Gasteiger partial charge in [-0.2, -0.15) is 8.42 Å². The number of sulfonamides is 1. The van der Waals surface area contributed by atoms with Crippen LogP contribution >= 0.6 is 0 Å². The normalized spacial score (nSPS) is 12.9. The molecule has 0 heterocycles. The van der Waals surface area contributed by atoms with Gasteiger partial charge in [0.2, 0.25) is 0 Å². The predicted molar refractivity (Wildman–Crippen MR) is 112 cm³/mol. The smallest absolute Gasteiger partial charge is 0.199 e. The molecular formula is C22H23NO2S2. The molecule has 1 atom stereocenters. The van der Waals surface area contributed by atoms with E-state index in [1.165, 1.54) is 0 Å². The molecule has 5 heteroatoms. The summed E-state index contributed by atoms with van der Waals surface area (Å²) in [4.78, 5) is 1.25. The minimum absolute atomic E-state index is 0.241. The molecule has 0 radical (unpaired) electrons. The van der Waals surface area contributed by atoms with Crippen LogP contribution in [0, 0.1) is 20.8 Å². The molecule has 0 saturated heterocycles. The Morgan fingerprint density at radius 1 is 0.778 bits per heavy atom. The van der Waals surface area contributed by atoms with Gasteiger partial charge < -0.3 is 0 Å². The maximum absolute atomic E-state index is 13.0. The Bertz CT molecular complexity index is 1050. The van der Waals surface area contributed by atoms with Crippen LogP contribution in [0.4, 0.5) is 0 Å². The fourth-order valence-corrected chi connectivity index (χ4v) is 6.72. The molecule has 0 unspecified atom stereocenters. The Morgan fingerprint density at radius 3 is 1.96 bits per heavy atom. The molecule has 0 aliphatic rings. The lowest BCUT2D eigenvalue weighted by molar-refractivity contribution is 0.598. The summed E-state index contributed by atoms with van der Waals surface area (Å²) in [6.07, 6.45) is 0. The Labute approximate surface area is 164 Å². The first-order chi connectivity index (χ1) is 12.9. The summed E-state index contributed by atoms with van der Waals surface area (Å²) in [6.45, 7) is 5.97. The van der Waals surface area contributed by atoms with Crippen molar-refractivity contribution in [3.05, 3.63) is 95.1 Å². The topological polar surface area (TPSA) is 46.5 Å². The molecule has 3 nitrogen and oxygen atoms in total. The third-order valence-corrected chi connectivity index (χ3v) is 8.39. The third kappa shape index (κ3) is 4.73. The maximum atomic E-state index is 13.0. The van der Waals surface area contributed by atoms with Gasteiger partial charge in [-0.15, -0.1) is 3.77 Å². The predicted octanol–water partition coefficient (Wildman–Crippen LogP) is 5.36. The fraction of sp³-hybridized carbons (Fsp3) is 0.182. The van der Waals surface area contributed by atoms with Crippen LogP contribution in [0.25, 0.3) is 0 Å². The molecule has 27 heavy (non-hydrogen) atoms. The van der Waals surface area contributed by atoms with Gasteiger partial charge in [0.15, 0.2) is 0 Å². The van der Waals surface area contributed by atoms with Gasteiger partial charge in [0.1, 0.15) is 0 Å². The van der Waals surface area contributed by atoms with Crippen molar-refractivity contribution in [3.63, 3.8) is 0 Å². The summed E-state index contributed by atoms with van der Waals surface area (Å²) in [5, 5.41) is 0. The molecule has 0 aromatic heterocycles. The van der Waals surface area contributed by atoms with Crippen molar-refractivity contribution < 1.29 is 8.42 Å². The van der Waals surface area contributed by atoms with Crippen molar-refractivity contribution in [2.45, 2.75) is 36.3 Å². The molecule has 3 aromatic rings. The van der Waals surface area contributed by atoms with E-state index in [1.54, 1.807) is 24.3 Å². The van der Waals surface area contributed by atoms with E-state index in [9.17, 15) is 8.42 Å². The Morgan fingerprint density at radius 2 is 1.37 bits per heavy atom. The summed E-state index contributed by atoms with van der Waals surface area (Å²) in [5.41, 5.74) is 4.23. The molecule has 0 fully saturated rings. The summed E-state index contributed by atoms with van der Waals surface area (Å²) in [7, 11) is -4.54. The first-order valence-corrected chi connectivity index (χ1v) is 11.5. The zero-order valence-electron chi connectivity index (χ0n) is 15.7. The van der Waals surface area contributed by atoms with E-state index in [4.69, 9.17) is 0 Å². The summed E-state index contributed by atoms with van der Waals surface area (Å²) >= 11 is 0. The van der Waals surface area contributed by atoms with Crippen LogP contribution in [0.2, 0.25) is 0 Å². The standard InChI is InChI=1S/C22H23NO2S2/c1-17-12-14-21(15-13-17)27(24,25)23-26(16-20-10-5-4-6-11-20)22-18(2)8-7-9-19(22)3/h4-15H,16H2,1-3H3/t26-/m0/s1. The number of nitrogens with zero attached hydrogens (tertiary/aromatic N) is 1. The second-order valence-electron chi connectivity index (χ2n) is 6.58. The monoisotopic (exact) mass is 397 g/mol. The van der Waals surface area contributed by atoms with E-state index in [1.807, 2.05) is 69.3 Å². The molecule has 140 valence electrons. The highest BCUT2D eigenvalue weighted by Gasteiger charge is 2.17. The largest absolute Gasteiger partial charge is 0.288 e. The summed E-state index contributed by atoms with van der Waals surface area (Å²) in [6, 6.07) is 22.8. The van der Waals surface area contributed by atoms with Crippen LogP contribution in [0.15, 0.2) is 86.4 Å². The van der Waals surface area contributed by atoms with Gasteiger partial charge in [0.05, 0.1) is 4.90 Å². The van der Waals surface area contributed by atoms with E-state index in [-0.39, 0.29) is 4.90 Å². The Kier molecular flexibility index (Phi) is 5.92. The summed E-state index contributed by atoms with van der Waals surface area (Å²) in [5.74, 6) is 0.567. The number of aryl methyl sites for hydroxylation is 3. The van der Waals surface area contributed by atoms with Crippen molar-refractivity contribution in [1.29, 1.82) is 0 Å². The lowest BCUT2D eigenvalue weighted by Gasteiger charge is -2.14. The van der Waals surface area contributed by atoms with Crippen molar-refractivity contribution in [1.82, 2.24) is 0 Å². The van der Waals surface area contributed by atoms with Gasteiger partial charge in [0, 0.05) is 10.6 Å². The first kappa shape index (κ1) is 19.5. The minimum atomic E-state index is -3.74. The molecule has 3 aromatic carbocycles. The van der Waals surface area contributed by atoms with E-state index >= 15 is 0 Å². The van der Waals surface area contributed by atoms with Crippen molar-refractivity contribution in [3.8, 4) is 0 Å². The second-order valence-corrected chi connectivity index (χ2v) is 10.0. The van der Waals surface area contributed by atoms with Crippen LogP contribution in [-0.4, -0.2) is 8.42 Å². The lowest BCUT2D eigenvalue weighted by Crippen LogP contribution is -2.06. The van der Waals surface area contributed by atoms with E-state index in [0.717, 1.165) is 27.1 Å². The molecule has 0 saturated carbocycles. The van der Waals surface area contributed by atoms with Crippen LogP contribution in [0.1, 0.15) is 22.3 Å². The molecule has 0 bridgehead atoms. The van der Waals surface area contributed by atoms with Gasteiger partial charge in [-0.3, -0.25) is 0 Å². The van der Waals surface area contributed by atoms with Crippen LogP contribution in [0.3, 0.4) is 0 Å². The van der Waals surface area contributed by atoms with Crippen molar-refractivity contribution in [2.75, 3.05) is 0 Å². The van der Waals surface area contributed by atoms with Crippen molar-refractivity contribution in [2.24, 2.45) is 3.77 Å². The fourth-order valence-electron chi connectivity index (χ4n) is 2.91. The highest BCUT2D eigenvalue weighted by molar-refractivity contribution is 7.99. The first-order valence-electron chi connectivity index (χ1n) is 8.73. The van der Waals surface area contributed by atoms with Gasteiger partial charge in [-0.05, 0) is 60.3 Å². The van der Waals surface area contributed by atoms with Gasteiger partial charge in [0.25, 0.3) is 10.0 Å². The molecule has 0 spiro atoms. The number of rotatable bonds is 5. The molecule has 0 aliphatic heterocycles. The average Bonchev–Trinajstić information content (AvgIpc) is 2.62. The Hall–Kier alpha value is -2.24. The molecule has 0 aliphatic carbocycles. The highest BCUT2D eigenvalue weighted by atomic mass is 32.3. The highest BCUT2D eigenvalue weighted by Crippen LogP contribution is 2.25. The van der Waals surface area contributed by atoms with E-state index in [0.29, 0.717) is 5.75 Å². The molecule has 0 N–H and O–H groups in total. The van der Waals surface area contributed by atoms with Crippen LogP contribution < -0.4 is 0 Å². The number of benzene rings is 3. The van der Waals surface area contributed by atoms with E-state index in [2.05, 4.69) is 3.77 Å². The zero-order valence-corrected chi connectivity index (χ0v) is 17.3. The average molecular weight is 398 g/mol. The van der Waals surface area contributed by atoms with Gasteiger partial charge in [-0.1, -0.05) is 66.2 Å². The maximum Gasteiger partial charge on any atom is 0.288 e.